The van der Waals surface area contributed by atoms with E-state index in [9.17, 15) is 5.11 Å². The minimum atomic E-state index is -0.117. The first-order valence-corrected chi connectivity index (χ1v) is 10.5. The Bertz CT molecular complexity index is 1160. The van der Waals surface area contributed by atoms with Crippen molar-refractivity contribution >= 4 is 28.6 Å². The number of fused-ring (bicyclic) bond motifs is 1. The van der Waals surface area contributed by atoms with Crippen LogP contribution in [0.2, 0.25) is 0 Å². The number of hydrogen-bond acceptors (Lipinski definition) is 7. The minimum Gasteiger partial charge on any atom is -1.00 e. The molecule has 4 aromatic rings. The van der Waals surface area contributed by atoms with Crippen LogP contribution in [-0.4, -0.2) is 42.3 Å². The highest BCUT2D eigenvalue weighted by molar-refractivity contribution is 5.87. The predicted molar refractivity (Wildman–Crippen MR) is 123 cm³/mol. The average molecular weight is 488 g/mol. The lowest BCUT2D eigenvalue weighted by Gasteiger charge is -2.16. The topological polar surface area (TPSA) is 101 Å². The van der Waals surface area contributed by atoms with Gasteiger partial charge >= 0.3 is 0 Å². The van der Waals surface area contributed by atoms with Crippen LogP contribution < -0.4 is 35.4 Å². The van der Waals surface area contributed by atoms with E-state index >= 15 is 0 Å². The second-order valence-electron chi connectivity index (χ2n) is 7.67. The molecule has 0 amide bonds. The van der Waals surface area contributed by atoms with Crippen molar-refractivity contribution in [3.05, 3.63) is 55.0 Å². The van der Waals surface area contributed by atoms with E-state index in [-0.39, 0.29) is 43.5 Å². The van der Waals surface area contributed by atoms with E-state index in [2.05, 4.69) is 44.4 Å². The lowest BCUT2D eigenvalue weighted by atomic mass is 10.1. The SMILES string of the molecule is CC[C@H](CO)Nc1nc(Nc2cccc(-c3ccccn3)c2)c2ncn(C(C)C)c2n1.[Cl-].[Cl-]. The Morgan fingerprint density at radius 1 is 1.03 bits per heavy atom. The minimum absolute atomic E-state index is 0. The molecule has 8 nitrogen and oxygen atoms in total. The molecular weight excluding hydrogens is 461 g/mol. The van der Waals surface area contributed by atoms with Crippen molar-refractivity contribution in [3.8, 4) is 11.3 Å². The third kappa shape index (κ3) is 5.90. The van der Waals surface area contributed by atoms with Gasteiger partial charge in [0, 0.05) is 23.5 Å². The second-order valence-corrected chi connectivity index (χ2v) is 7.67. The fourth-order valence-corrected chi connectivity index (χ4v) is 3.33. The van der Waals surface area contributed by atoms with Gasteiger partial charge in [0.1, 0.15) is 0 Å². The molecular formula is C23H27Cl2N7O-2. The summed E-state index contributed by atoms with van der Waals surface area (Å²) in [6.45, 7) is 6.19. The number of benzene rings is 1. The summed E-state index contributed by atoms with van der Waals surface area (Å²) in [4.78, 5) is 18.3. The third-order valence-electron chi connectivity index (χ3n) is 5.11. The van der Waals surface area contributed by atoms with Crippen LogP contribution in [0.3, 0.4) is 0 Å². The quantitative estimate of drug-likeness (QED) is 0.275. The number of nitrogens with zero attached hydrogens (tertiary/aromatic N) is 5. The van der Waals surface area contributed by atoms with Gasteiger partial charge in [0.25, 0.3) is 0 Å². The maximum atomic E-state index is 9.59. The number of imidazole rings is 1. The van der Waals surface area contributed by atoms with E-state index in [1.165, 1.54) is 0 Å². The highest BCUT2D eigenvalue weighted by Gasteiger charge is 2.17. The predicted octanol–water partition coefficient (Wildman–Crippen LogP) is -1.60. The van der Waals surface area contributed by atoms with E-state index in [1.54, 1.807) is 12.5 Å². The zero-order chi connectivity index (χ0) is 21.8. The van der Waals surface area contributed by atoms with Crippen LogP contribution in [0.15, 0.2) is 55.0 Å². The van der Waals surface area contributed by atoms with Gasteiger partial charge in [0.2, 0.25) is 5.95 Å². The Morgan fingerprint density at radius 2 is 1.85 bits per heavy atom. The van der Waals surface area contributed by atoms with E-state index < -0.39 is 0 Å². The van der Waals surface area contributed by atoms with Gasteiger partial charge in [0.15, 0.2) is 17.0 Å². The van der Waals surface area contributed by atoms with Crippen LogP contribution in [0.4, 0.5) is 17.5 Å². The summed E-state index contributed by atoms with van der Waals surface area (Å²) >= 11 is 0. The van der Waals surface area contributed by atoms with Crippen LogP contribution >= 0.6 is 0 Å². The first-order chi connectivity index (χ1) is 15.1. The van der Waals surface area contributed by atoms with Gasteiger partial charge in [-0.2, -0.15) is 9.97 Å². The van der Waals surface area contributed by atoms with Crippen LogP contribution in [0.1, 0.15) is 33.2 Å². The Labute approximate surface area is 205 Å². The van der Waals surface area contributed by atoms with Crippen LogP contribution in [-0.2, 0) is 0 Å². The molecule has 0 aliphatic rings. The lowest BCUT2D eigenvalue weighted by molar-refractivity contribution is -0.00100. The van der Waals surface area contributed by atoms with Crippen molar-refractivity contribution in [1.82, 2.24) is 24.5 Å². The average Bonchev–Trinajstić information content (AvgIpc) is 3.23. The first kappa shape index (κ1) is 26.3. The normalized spacial score (nSPS) is 11.5. The zero-order valence-electron chi connectivity index (χ0n) is 18.7. The highest BCUT2D eigenvalue weighted by Crippen LogP contribution is 2.28. The monoisotopic (exact) mass is 487 g/mol. The number of hydrogen-bond donors (Lipinski definition) is 3. The van der Waals surface area contributed by atoms with Crippen molar-refractivity contribution < 1.29 is 29.9 Å². The Balaban J connectivity index is 0.00000193. The summed E-state index contributed by atoms with van der Waals surface area (Å²) in [7, 11) is 0. The van der Waals surface area contributed by atoms with Crippen LogP contribution in [0.25, 0.3) is 22.4 Å². The number of rotatable bonds is 8. The number of aliphatic hydroxyl groups is 1. The van der Waals surface area contributed by atoms with Crippen molar-refractivity contribution in [2.75, 3.05) is 17.2 Å². The summed E-state index contributed by atoms with van der Waals surface area (Å²) in [5.74, 6) is 1.07. The van der Waals surface area contributed by atoms with Crippen molar-refractivity contribution in [2.45, 2.75) is 39.3 Å². The molecule has 1 aromatic carbocycles. The molecule has 0 aliphatic carbocycles. The van der Waals surface area contributed by atoms with Crippen LogP contribution in [0, 0.1) is 0 Å². The van der Waals surface area contributed by atoms with E-state index in [4.69, 9.17) is 0 Å². The van der Waals surface area contributed by atoms with Crippen LogP contribution in [0.5, 0.6) is 0 Å². The second kappa shape index (κ2) is 11.8. The van der Waals surface area contributed by atoms with E-state index in [0.29, 0.717) is 17.3 Å². The maximum absolute atomic E-state index is 9.59. The van der Waals surface area contributed by atoms with Gasteiger partial charge in [-0.05, 0) is 44.5 Å². The maximum Gasteiger partial charge on any atom is 0.227 e. The standard InChI is InChI=1S/C23H27N7O.2ClH/c1-4-17(13-31)27-23-28-21(20-22(29-23)30(14-25-20)15(2)3)26-18-9-7-8-16(12-18)19-10-5-6-11-24-19;;/h5-12,14-15,17,31H,4,13H2,1-3H3,(H2,26,27,28,29);2*1H/p-2/t17-;;/m1../s1. The summed E-state index contributed by atoms with van der Waals surface area (Å²) in [5, 5.41) is 16.2. The Kier molecular flexibility index (Phi) is 9.40. The molecule has 0 saturated carbocycles. The molecule has 0 bridgehead atoms. The molecule has 1 atom stereocenters. The number of anilines is 3. The fourth-order valence-electron chi connectivity index (χ4n) is 3.33. The number of halogens is 2. The molecule has 3 N–H and O–H groups in total. The van der Waals surface area contributed by atoms with Gasteiger partial charge < -0.3 is 45.1 Å². The fraction of sp³-hybridized carbons (Fsp3) is 0.304. The summed E-state index contributed by atoms with van der Waals surface area (Å²) < 4.78 is 2.01. The van der Waals surface area contributed by atoms with Crippen molar-refractivity contribution in [3.63, 3.8) is 0 Å². The smallest absolute Gasteiger partial charge is 0.227 e. The van der Waals surface area contributed by atoms with Gasteiger partial charge in [-0.1, -0.05) is 25.1 Å². The molecule has 0 spiro atoms. The summed E-state index contributed by atoms with van der Waals surface area (Å²) in [6, 6.07) is 14.0. The molecule has 0 radical (unpaired) electrons. The van der Waals surface area contributed by atoms with Crippen molar-refractivity contribution in [2.24, 2.45) is 0 Å². The van der Waals surface area contributed by atoms with Gasteiger partial charge in [-0.15, -0.1) is 0 Å². The lowest BCUT2D eigenvalue weighted by Crippen LogP contribution is -3.00. The number of aromatic nitrogens is 5. The number of nitrogens with one attached hydrogen (secondary N) is 2. The molecule has 33 heavy (non-hydrogen) atoms. The molecule has 176 valence electrons. The Hall–Kier alpha value is -2.94. The molecule has 4 rings (SSSR count). The zero-order valence-corrected chi connectivity index (χ0v) is 20.2. The molecule has 3 aromatic heterocycles. The number of pyridine rings is 1. The van der Waals surface area contributed by atoms with E-state index in [0.717, 1.165) is 29.0 Å². The number of aliphatic hydroxyl groups excluding tert-OH is 1. The van der Waals surface area contributed by atoms with Gasteiger partial charge in [0.05, 0.1) is 24.7 Å². The van der Waals surface area contributed by atoms with Gasteiger partial charge in [-0.25, -0.2) is 4.98 Å². The molecule has 0 saturated heterocycles. The Morgan fingerprint density at radius 3 is 2.52 bits per heavy atom. The molecule has 10 heteroatoms. The highest BCUT2D eigenvalue weighted by atomic mass is 35.5. The molecule has 3 heterocycles. The van der Waals surface area contributed by atoms with Gasteiger partial charge in [-0.3, -0.25) is 4.98 Å². The van der Waals surface area contributed by atoms with E-state index in [1.807, 2.05) is 54.0 Å². The third-order valence-corrected chi connectivity index (χ3v) is 5.11. The first-order valence-electron chi connectivity index (χ1n) is 10.5. The van der Waals surface area contributed by atoms with Crippen molar-refractivity contribution in [1.29, 1.82) is 0 Å². The summed E-state index contributed by atoms with van der Waals surface area (Å²) in [6.07, 6.45) is 4.33. The molecule has 0 unspecified atom stereocenters. The summed E-state index contributed by atoms with van der Waals surface area (Å²) in [5.41, 5.74) is 4.22. The molecule has 0 fully saturated rings. The largest absolute Gasteiger partial charge is 1.00 e. The molecule has 0 aliphatic heterocycles.